The lowest BCUT2D eigenvalue weighted by molar-refractivity contribution is 0.0559. The molecule has 0 aliphatic carbocycles. The van der Waals surface area contributed by atoms with E-state index in [4.69, 9.17) is 14.9 Å². The first kappa shape index (κ1) is 15.2. The monoisotopic (exact) mass is 252 g/mol. The molecule has 0 unspecified atom stereocenters. The molecule has 102 valence electrons. The lowest BCUT2D eigenvalue weighted by Crippen LogP contribution is -2.25. The SMILES string of the molecule is CC(CO)(CO)CCCCOCc1ccccc1. The van der Waals surface area contributed by atoms with E-state index >= 15 is 0 Å². The van der Waals surface area contributed by atoms with Crippen LogP contribution in [0, 0.1) is 5.41 Å². The number of rotatable bonds is 9. The van der Waals surface area contributed by atoms with E-state index in [0.29, 0.717) is 6.61 Å². The van der Waals surface area contributed by atoms with Crippen LogP contribution < -0.4 is 0 Å². The number of hydrogen-bond acceptors (Lipinski definition) is 3. The molecule has 3 heteroatoms. The highest BCUT2D eigenvalue weighted by Gasteiger charge is 2.21. The van der Waals surface area contributed by atoms with Crippen molar-refractivity contribution in [3.05, 3.63) is 35.9 Å². The zero-order valence-corrected chi connectivity index (χ0v) is 11.1. The van der Waals surface area contributed by atoms with Crippen molar-refractivity contribution in [3.63, 3.8) is 0 Å². The summed E-state index contributed by atoms with van der Waals surface area (Å²) in [5.41, 5.74) is 0.840. The quantitative estimate of drug-likeness (QED) is 0.663. The van der Waals surface area contributed by atoms with Crippen LogP contribution in [0.4, 0.5) is 0 Å². The summed E-state index contributed by atoms with van der Waals surface area (Å²) in [6.07, 6.45) is 2.75. The van der Waals surface area contributed by atoms with Gasteiger partial charge in [-0.05, 0) is 18.4 Å². The van der Waals surface area contributed by atoms with Gasteiger partial charge in [-0.2, -0.15) is 0 Å². The highest BCUT2D eigenvalue weighted by Crippen LogP contribution is 2.22. The molecule has 1 rings (SSSR count). The average molecular weight is 252 g/mol. The van der Waals surface area contributed by atoms with Gasteiger partial charge in [-0.3, -0.25) is 0 Å². The maximum atomic E-state index is 9.15. The Hall–Kier alpha value is -0.900. The van der Waals surface area contributed by atoms with E-state index in [9.17, 15) is 0 Å². The molecular formula is C15H24O3. The third-order valence-electron chi connectivity index (χ3n) is 3.19. The largest absolute Gasteiger partial charge is 0.396 e. The van der Waals surface area contributed by atoms with Crippen molar-refractivity contribution in [2.75, 3.05) is 19.8 Å². The molecule has 0 amide bonds. The van der Waals surface area contributed by atoms with Crippen LogP contribution in [-0.2, 0) is 11.3 Å². The number of aliphatic hydroxyl groups excluding tert-OH is 2. The van der Waals surface area contributed by atoms with Gasteiger partial charge in [-0.25, -0.2) is 0 Å². The minimum absolute atomic E-state index is 0.0361. The number of ether oxygens (including phenoxy) is 1. The molecule has 0 aliphatic rings. The Kier molecular flexibility index (Phi) is 6.94. The van der Waals surface area contributed by atoms with Gasteiger partial charge in [0.1, 0.15) is 0 Å². The summed E-state index contributed by atoms with van der Waals surface area (Å²) in [5.74, 6) is 0. The molecule has 0 radical (unpaired) electrons. The summed E-state index contributed by atoms with van der Waals surface area (Å²) in [6.45, 7) is 3.35. The molecule has 1 aromatic carbocycles. The van der Waals surface area contributed by atoms with Crippen molar-refractivity contribution < 1.29 is 14.9 Å². The van der Waals surface area contributed by atoms with E-state index < -0.39 is 0 Å². The second-order valence-electron chi connectivity index (χ2n) is 5.12. The number of benzene rings is 1. The summed E-state index contributed by atoms with van der Waals surface area (Å²) in [4.78, 5) is 0. The Balaban J connectivity index is 2.06. The van der Waals surface area contributed by atoms with Gasteiger partial charge in [-0.15, -0.1) is 0 Å². The zero-order valence-electron chi connectivity index (χ0n) is 11.1. The second-order valence-corrected chi connectivity index (χ2v) is 5.12. The van der Waals surface area contributed by atoms with Gasteiger partial charge < -0.3 is 14.9 Å². The molecule has 0 spiro atoms. The third-order valence-corrected chi connectivity index (χ3v) is 3.19. The summed E-state index contributed by atoms with van der Waals surface area (Å²) < 4.78 is 5.58. The molecule has 0 bridgehead atoms. The number of unbranched alkanes of at least 4 members (excludes halogenated alkanes) is 1. The number of aliphatic hydroxyl groups is 2. The minimum atomic E-state index is -0.348. The molecule has 0 saturated carbocycles. The van der Waals surface area contributed by atoms with Crippen LogP contribution in [-0.4, -0.2) is 30.0 Å². The van der Waals surface area contributed by atoms with Crippen molar-refractivity contribution in [2.45, 2.75) is 32.8 Å². The molecule has 0 saturated heterocycles. The van der Waals surface area contributed by atoms with Crippen molar-refractivity contribution in [1.29, 1.82) is 0 Å². The third kappa shape index (κ3) is 5.63. The van der Waals surface area contributed by atoms with Gasteiger partial charge in [0.25, 0.3) is 0 Å². The van der Waals surface area contributed by atoms with Gasteiger partial charge in [0.05, 0.1) is 19.8 Å². The molecular weight excluding hydrogens is 228 g/mol. The van der Waals surface area contributed by atoms with E-state index in [1.807, 2.05) is 25.1 Å². The molecule has 0 aliphatic heterocycles. The minimum Gasteiger partial charge on any atom is -0.396 e. The van der Waals surface area contributed by atoms with Crippen LogP contribution in [0.3, 0.4) is 0 Å². The van der Waals surface area contributed by atoms with Crippen molar-refractivity contribution in [1.82, 2.24) is 0 Å². The molecule has 3 nitrogen and oxygen atoms in total. The molecule has 2 N–H and O–H groups in total. The van der Waals surface area contributed by atoms with Crippen molar-refractivity contribution in [2.24, 2.45) is 5.41 Å². The van der Waals surface area contributed by atoms with Gasteiger partial charge >= 0.3 is 0 Å². The number of hydrogen-bond donors (Lipinski definition) is 2. The maximum absolute atomic E-state index is 9.15. The van der Waals surface area contributed by atoms with E-state index in [1.54, 1.807) is 0 Å². The molecule has 18 heavy (non-hydrogen) atoms. The molecule has 0 aromatic heterocycles. The highest BCUT2D eigenvalue weighted by molar-refractivity contribution is 5.13. The molecule has 0 fully saturated rings. The molecule has 0 heterocycles. The van der Waals surface area contributed by atoms with E-state index in [2.05, 4.69) is 12.1 Å². The van der Waals surface area contributed by atoms with Crippen LogP contribution in [0.1, 0.15) is 31.7 Å². The van der Waals surface area contributed by atoms with E-state index in [0.717, 1.165) is 25.9 Å². The summed E-state index contributed by atoms with van der Waals surface area (Å²) >= 11 is 0. The smallest absolute Gasteiger partial charge is 0.0716 e. The fourth-order valence-electron chi connectivity index (χ4n) is 1.73. The van der Waals surface area contributed by atoms with Gasteiger partial charge in [0.2, 0.25) is 0 Å². The standard InChI is InChI=1S/C15H24O3/c1-15(12-16,13-17)9-5-6-10-18-11-14-7-3-2-4-8-14/h2-4,7-8,16-17H,5-6,9-13H2,1H3. The summed E-state index contributed by atoms with van der Waals surface area (Å²) in [6, 6.07) is 10.1. The first-order chi connectivity index (χ1) is 8.70. The van der Waals surface area contributed by atoms with Crippen LogP contribution in [0.5, 0.6) is 0 Å². The highest BCUT2D eigenvalue weighted by atomic mass is 16.5. The van der Waals surface area contributed by atoms with Crippen LogP contribution in [0.2, 0.25) is 0 Å². The first-order valence-electron chi connectivity index (χ1n) is 6.53. The Labute approximate surface area is 109 Å². The molecule has 0 atom stereocenters. The topological polar surface area (TPSA) is 49.7 Å². The van der Waals surface area contributed by atoms with Crippen LogP contribution >= 0.6 is 0 Å². The maximum Gasteiger partial charge on any atom is 0.0716 e. The van der Waals surface area contributed by atoms with Crippen LogP contribution in [0.25, 0.3) is 0 Å². The predicted octanol–water partition coefficient (Wildman–Crippen LogP) is 2.36. The lowest BCUT2D eigenvalue weighted by Gasteiger charge is -2.24. The lowest BCUT2D eigenvalue weighted by atomic mass is 9.87. The Morgan fingerprint density at radius 2 is 1.72 bits per heavy atom. The predicted molar refractivity (Wildman–Crippen MR) is 72.2 cm³/mol. The Bertz CT molecular complexity index is 307. The zero-order chi connectivity index (χ0) is 13.3. The van der Waals surface area contributed by atoms with Gasteiger partial charge in [-0.1, -0.05) is 43.7 Å². The second kappa shape index (κ2) is 8.25. The van der Waals surface area contributed by atoms with Gasteiger partial charge in [0.15, 0.2) is 0 Å². The fraction of sp³-hybridized carbons (Fsp3) is 0.600. The first-order valence-corrected chi connectivity index (χ1v) is 6.53. The van der Waals surface area contributed by atoms with E-state index in [1.165, 1.54) is 5.56 Å². The van der Waals surface area contributed by atoms with E-state index in [-0.39, 0.29) is 18.6 Å². The fourth-order valence-corrected chi connectivity index (χ4v) is 1.73. The summed E-state index contributed by atoms with van der Waals surface area (Å²) in [5, 5.41) is 18.3. The summed E-state index contributed by atoms with van der Waals surface area (Å²) in [7, 11) is 0. The van der Waals surface area contributed by atoms with Crippen LogP contribution in [0.15, 0.2) is 30.3 Å². The normalized spacial score (nSPS) is 11.7. The Morgan fingerprint density at radius 3 is 2.33 bits per heavy atom. The molecule has 1 aromatic rings. The average Bonchev–Trinajstić information content (AvgIpc) is 2.43. The van der Waals surface area contributed by atoms with Gasteiger partial charge in [0, 0.05) is 12.0 Å². The Morgan fingerprint density at radius 1 is 1.06 bits per heavy atom. The van der Waals surface area contributed by atoms with Crippen molar-refractivity contribution in [3.8, 4) is 0 Å². The van der Waals surface area contributed by atoms with Crippen molar-refractivity contribution >= 4 is 0 Å².